The van der Waals surface area contributed by atoms with Crippen molar-refractivity contribution in [2.45, 2.75) is 39.3 Å². The monoisotopic (exact) mass is 514 g/mol. The predicted octanol–water partition coefficient (Wildman–Crippen LogP) is 3.39. The SMILES string of the molecule is COc1ccc(OC)c([C@@H]2C(C(=O)OC(C)C)=C(C)N=C3SC=C(CC(=O)N4CCN(C)CC4)N32)c1. The number of piperazine rings is 1. The molecule has 1 aromatic carbocycles. The van der Waals surface area contributed by atoms with E-state index in [0.717, 1.165) is 24.4 Å². The van der Waals surface area contributed by atoms with Crippen molar-refractivity contribution in [2.75, 3.05) is 47.4 Å². The smallest absolute Gasteiger partial charge is 0.338 e. The Morgan fingerprint density at radius 2 is 1.86 bits per heavy atom. The Kier molecular flexibility index (Phi) is 7.94. The molecule has 9 nitrogen and oxygen atoms in total. The van der Waals surface area contributed by atoms with E-state index in [4.69, 9.17) is 19.2 Å². The van der Waals surface area contributed by atoms with Crippen LogP contribution in [-0.4, -0.2) is 85.3 Å². The van der Waals surface area contributed by atoms with E-state index < -0.39 is 12.0 Å². The van der Waals surface area contributed by atoms with E-state index in [1.54, 1.807) is 14.2 Å². The van der Waals surface area contributed by atoms with Crippen molar-refractivity contribution in [3.63, 3.8) is 0 Å². The average Bonchev–Trinajstić information content (AvgIpc) is 3.24. The number of nitrogens with zero attached hydrogens (tertiary/aromatic N) is 4. The molecule has 3 heterocycles. The number of aliphatic imine (C=N–C) groups is 1. The molecule has 194 valence electrons. The molecule has 0 N–H and O–H groups in total. The molecule has 1 amide bonds. The Labute approximate surface area is 216 Å². The first-order valence-corrected chi connectivity index (χ1v) is 12.9. The first kappa shape index (κ1) is 26.1. The van der Waals surface area contributed by atoms with Crippen molar-refractivity contribution in [3.8, 4) is 11.5 Å². The maximum Gasteiger partial charge on any atom is 0.338 e. The normalized spacial score (nSPS) is 20.2. The summed E-state index contributed by atoms with van der Waals surface area (Å²) in [7, 11) is 5.26. The molecule has 0 saturated carbocycles. The van der Waals surface area contributed by atoms with Gasteiger partial charge in [-0.3, -0.25) is 4.79 Å². The third-order valence-electron chi connectivity index (χ3n) is 6.48. The summed E-state index contributed by atoms with van der Waals surface area (Å²) in [6.07, 6.45) is -0.0813. The van der Waals surface area contributed by atoms with Gasteiger partial charge >= 0.3 is 5.97 Å². The van der Waals surface area contributed by atoms with Crippen molar-refractivity contribution in [1.29, 1.82) is 0 Å². The number of hydrogen-bond acceptors (Lipinski definition) is 9. The molecule has 1 atom stereocenters. The molecule has 3 aliphatic rings. The van der Waals surface area contributed by atoms with Crippen LogP contribution in [0, 0.1) is 0 Å². The van der Waals surface area contributed by atoms with Crippen molar-refractivity contribution in [1.82, 2.24) is 14.7 Å². The summed E-state index contributed by atoms with van der Waals surface area (Å²) >= 11 is 1.45. The van der Waals surface area contributed by atoms with Crippen LogP contribution in [0.4, 0.5) is 0 Å². The van der Waals surface area contributed by atoms with Crippen LogP contribution in [-0.2, 0) is 14.3 Å². The molecule has 1 aromatic rings. The van der Waals surface area contributed by atoms with Crippen LogP contribution >= 0.6 is 11.8 Å². The van der Waals surface area contributed by atoms with Gasteiger partial charge in [0.2, 0.25) is 5.91 Å². The molecular weight excluding hydrogens is 480 g/mol. The fourth-order valence-electron chi connectivity index (χ4n) is 4.58. The molecular formula is C26H34N4O5S. The molecule has 0 aromatic heterocycles. The van der Waals surface area contributed by atoms with Gasteiger partial charge in [0.05, 0.1) is 44.1 Å². The van der Waals surface area contributed by atoms with Gasteiger partial charge in [0.1, 0.15) is 11.5 Å². The number of thioether (sulfide) groups is 1. The minimum atomic E-state index is -0.588. The average molecular weight is 515 g/mol. The van der Waals surface area contributed by atoms with Crippen molar-refractivity contribution >= 4 is 28.8 Å². The summed E-state index contributed by atoms with van der Waals surface area (Å²) < 4.78 is 16.9. The third-order valence-corrected chi connectivity index (χ3v) is 7.37. The third kappa shape index (κ3) is 5.24. The number of amidine groups is 1. The van der Waals surface area contributed by atoms with Crippen LogP contribution in [0.3, 0.4) is 0 Å². The molecule has 0 bridgehead atoms. The van der Waals surface area contributed by atoms with Crippen molar-refractivity contribution in [3.05, 3.63) is 46.1 Å². The Morgan fingerprint density at radius 1 is 1.14 bits per heavy atom. The lowest BCUT2D eigenvalue weighted by Crippen LogP contribution is -2.47. The van der Waals surface area contributed by atoms with E-state index in [-0.39, 0.29) is 18.4 Å². The van der Waals surface area contributed by atoms with E-state index in [1.165, 1.54) is 11.8 Å². The Balaban J connectivity index is 1.75. The van der Waals surface area contributed by atoms with Crippen LogP contribution < -0.4 is 9.47 Å². The fourth-order valence-corrected chi connectivity index (χ4v) is 5.54. The number of likely N-dealkylation sites (N-methyl/N-ethyl adjacent to an activating group) is 1. The van der Waals surface area contributed by atoms with Crippen LogP contribution in [0.15, 0.2) is 45.6 Å². The number of carbonyl (C=O) groups excluding carboxylic acids is 2. The Hall–Kier alpha value is -2.98. The van der Waals surface area contributed by atoms with Gasteiger partial charge in [-0.15, -0.1) is 0 Å². The molecule has 0 aliphatic carbocycles. The quantitative estimate of drug-likeness (QED) is 0.512. The maximum atomic E-state index is 13.4. The molecule has 36 heavy (non-hydrogen) atoms. The fraction of sp³-hybridized carbons (Fsp3) is 0.500. The van der Waals surface area contributed by atoms with Gasteiger partial charge in [0.25, 0.3) is 0 Å². The van der Waals surface area contributed by atoms with Gasteiger partial charge in [-0.1, -0.05) is 11.8 Å². The summed E-state index contributed by atoms with van der Waals surface area (Å²) in [6.45, 7) is 8.56. The summed E-state index contributed by atoms with van der Waals surface area (Å²) in [5.41, 5.74) is 2.52. The van der Waals surface area contributed by atoms with Crippen molar-refractivity contribution in [2.24, 2.45) is 4.99 Å². The lowest BCUT2D eigenvalue weighted by atomic mass is 9.92. The number of allylic oxidation sites excluding steroid dienone is 1. The molecule has 0 unspecified atom stereocenters. The van der Waals surface area contributed by atoms with Crippen molar-refractivity contribution < 1.29 is 23.8 Å². The van der Waals surface area contributed by atoms with Gasteiger partial charge < -0.3 is 28.9 Å². The second-order valence-corrected chi connectivity index (χ2v) is 10.2. The van der Waals surface area contributed by atoms with Crippen LogP contribution in [0.5, 0.6) is 11.5 Å². The van der Waals surface area contributed by atoms with Crippen LogP contribution in [0.25, 0.3) is 0 Å². The maximum absolute atomic E-state index is 13.4. The molecule has 4 rings (SSSR count). The Bertz CT molecular complexity index is 1120. The number of ether oxygens (including phenoxy) is 3. The van der Waals surface area contributed by atoms with E-state index in [9.17, 15) is 9.59 Å². The second kappa shape index (κ2) is 11.0. The van der Waals surface area contributed by atoms with Gasteiger partial charge in [0, 0.05) is 37.4 Å². The molecule has 1 fully saturated rings. The number of amides is 1. The van der Waals surface area contributed by atoms with Gasteiger partial charge in [-0.2, -0.15) is 0 Å². The predicted molar refractivity (Wildman–Crippen MR) is 140 cm³/mol. The highest BCUT2D eigenvalue weighted by atomic mass is 32.2. The highest BCUT2D eigenvalue weighted by molar-refractivity contribution is 8.16. The molecule has 0 radical (unpaired) electrons. The molecule has 1 saturated heterocycles. The zero-order valence-corrected chi connectivity index (χ0v) is 22.6. The van der Waals surface area contributed by atoms with E-state index in [0.29, 0.717) is 41.0 Å². The zero-order valence-electron chi connectivity index (χ0n) is 21.7. The summed E-state index contributed by atoms with van der Waals surface area (Å²) in [4.78, 5) is 37.5. The minimum Gasteiger partial charge on any atom is -0.497 e. The van der Waals surface area contributed by atoms with E-state index in [1.807, 2.05) is 54.2 Å². The number of rotatable bonds is 7. The number of fused-ring (bicyclic) bond motifs is 1. The summed E-state index contributed by atoms with van der Waals surface area (Å²) in [5, 5.41) is 2.67. The molecule has 0 spiro atoms. The largest absolute Gasteiger partial charge is 0.497 e. The number of esters is 1. The Morgan fingerprint density at radius 3 is 2.50 bits per heavy atom. The highest BCUT2D eigenvalue weighted by Gasteiger charge is 2.43. The molecule has 3 aliphatic heterocycles. The zero-order chi connectivity index (χ0) is 26.0. The van der Waals surface area contributed by atoms with Gasteiger partial charge in [-0.05, 0) is 51.4 Å². The molecule has 10 heteroatoms. The topological polar surface area (TPSA) is 83.9 Å². The van der Waals surface area contributed by atoms with E-state index >= 15 is 0 Å². The highest BCUT2D eigenvalue weighted by Crippen LogP contribution is 2.47. The lowest BCUT2D eigenvalue weighted by molar-refractivity contribution is -0.143. The number of carbonyl (C=O) groups is 2. The first-order chi connectivity index (χ1) is 17.2. The summed E-state index contributed by atoms with van der Waals surface area (Å²) in [5.74, 6) is 0.855. The van der Waals surface area contributed by atoms with Gasteiger partial charge in [-0.25, -0.2) is 9.79 Å². The van der Waals surface area contributed by atoms with Crippen LogP contribution in [0.2, 0.25) is 0 Å². The van der Waals surface area contributed by atoms with E-state index in [2.05, 4.69) is 11.9 Å². The van der Waals surface area contributed by atoms with Gasteiger partial charge in [0.15, 0.2) is 5.17 Å². The lowest BCUT2D eigenvalue weighted by Gasteiger charge is -2.38. The summed E-state index contributed by atoms with van der Waals surface area (Å²) in [6, 6.07) is 4.92. The number of benzene rings is 1. The first-order valence-electron chi connectivity index (χ1n) is 12.1. The van der Waals surface area contributed by atoms with Crippen LogP contribution in [0.1, 0.15) is 38.8 Å². The standard InChI is InChI=1S/C26H34N4O5S/c1-16(2)35-25(32)23-17(3)27-26-30(24(23)20-14-19(33-5)7-8-21(20)34-6)18(15-36-26)13-22(31)29-11-9-28(4)10-12-29/h7-8,14-16,24H,9-13H2,1-6H3/t24-/m1/s1. The minimum absolute atomic E-state index is 0.0603. The second-order valence-electron chi connectivity index (χ2n) is 9.32. The number of hydrogen-bond donors (Lipinski definition) is 0. The number of methoxy groups -OCH3 is 2.